The molecule has 0 unspecified atom stereocenters. The molecule has 0 N–H and O–H groups in total. The van der Waals surface area contributed by atoms with Crippen LogP contribution in [0.3, 0.4) is 0 Å². The predicted molar refractivity (Wildman–Crippen MR) is 42.8 cm³/mol. The Hall–Kier alpha value is -1.24. The first kappa shape index (κ1) is 6.87. The van der Waals surface area contributed by atoms with Crippen LogP contribution in [0.2, 0.25) is 0 Å². The Balaban J connectivity index is 3.55. The number of hydrogen-bond acceptors (Lipinski definition) is 1. The summed E-state index contributed by atoms with van der Waals surface area (Å²) in [5.41, 5.74) is 1.85. The molecule has 0 aliphatic rings. The molecular weight excluding hydrogens is 124 g/mol. The maximum absolute atomic E-state index is 5.15. The van der Waals surface area contributed by atoms with Crippen LogP contribution < -0.4 is 10.6 Å². The Bertz CT molecular complexity index is 330. The molecule has 0 aliphatic carbocycles. The van der Waals surface area contributed by atoms with Gasteiger partial charge in [-0.15, -0.1) is 0 Å². The standard InChI is InChI=1S/C9H10O/c1-4-7(2)9-8(3)5-6-10-9/h4-6H,1,3H2,2H3/b9-7+. The Morgan fingerprint density at radius 1 is 1.70 bits per heavy atom. The molecule has 0 aliphatic heterocycles. The van der Waals surface area contributed by atoms with Gasteiger partial charge in [0.05, 0.1) is 6.26 Å². The van der Waals surface area contributed by atoms with E-state index in [2.05, 4.69) is 13.2 Å². The lowest BCUT2D eigenvalue weighted by Crippen LogP contribution is -2.18. The summed E-state index contributed by atoms with van der Waals surface area (Å²) >= 11 is 0. The molecule has 0 fully saturated rings. The molecule has 52 valence electrons. The molecule has 1 aromatic rings. The fraction of sp³-hybridized carbons (Fsp3) is 0.111. The van der Waals surface area contributed by atoms with Crippen molar-refractivity contribution in [3.63, 3.8) is 0 Å². The van der Waals surface area contributed by atoms with Gasteiger partial charge in [-0.25, -0.2) is 0 Å². The van der Waals surface area contributed by atoms with Crippen LogP contribution in [0.1, 0.15) is 6.92 Å². The maximum Gasteiger partial charge on any atom is 0.136 e. The van der Waals surface area contributed by atoms with Gasteiger partial charge in [0.25, 0.3) is 0 Å². The first-order valence-corrected chi connectivity index (χ1v) is 3.11. The van der Waals surface area contributed by atoms with Crippen LogP contribution in [-0.4, -0.2) is 0 Å². The average Bonchev–Trinajstić information content (AvgIpc) is 2.34. The Morgan fingerprint density at radius 2 is 2.40 bits per heavy atom. The molecule has 0 spiro atoms. The quantitative estimate of drug-likeness (QED) is 0.559. The summed E-state index contributed by atoms with van der Waals surface area (Å²) < 4.78 is 5.15. The lowest BCUT2D eigenvalue weighted by atomic mass is 10.3. The Morgan fingerprint density at radius 3 is 2.80 bits per heavy atom. The van der Waals surface area contributed by atoms with E-state index in [9.17, 15) is 0 Å². The first-order valence-electron chi connectivity index (χ1n) is 3.11. The molecule has 1 rings (SSSR count). The predicted octanol–water partition coefficient (Wildman–Crippen LogP) is 1.05. The molecule has 0 saturated carbocycles. The third-order valence-corrected chi connectivity index (χ3v) is 1.41. The van der Waals surface area contributed by atoms with Crippen molar-refractivity contribution in [2.45, 2.75) is 6.92 Å². The van der Waals surface area contributed by atoms with E-state index in [1.807, 2.05) is 13.0 Å². The van der Waals surface area contributed by atoms with Gasteiger partial charge in [-0.05, 0) is 18.6 Å². The Kier molecular flexibility index (Phi) is 1.76. The normalized spacial score (nSPS) is 12.9. The molecule has 10 heavy (non-hydrogen) atoms. The highest BCUT2D eigenvalue weighted by molar-refractivity contribution is 5.50. The summed E-state index contributed by atoms with van der Waals surface area (Å²) in [5.74, 6) is 0. The minimum absolute atomic E-state index is 0.829. The van der Waals surface area contributed by atoms with Crippen molar-refractivity contribution in [2.75, 3.05) is 0 Å². The second-order valence-corrected chi connectivity index (χ2v) is 2.16. The highest BCUT2D eigenvalue weighted by Crippen LogP contribution is 1.87. The fourth-order valence-electron chi connectivity index (χ4n) is 0.774. The first-order chi connectivity index (χ1) is 4.75. The van der Waals surface area contributed by atoms with Gasteiger partial charge in [0.2, 0.25) is 0 Å². The van der Waals surface area contributed by atoms with Gasteiger partial charge < -0.3 is 4.42 Å². The van der Waals surface area contributed by atoms with E-state index in [1.165, 1.54) is 0 Å². The summed E-state index contributed by atoms with van der Waals surface area (Å²) in [6, 6.07) is 1.84. The molecule has 0 radical (unpaired) electrons. The Labute approximate surface area is 60.0 Å². The maximum atomic E-state index is 5.15. The minimum Gasteiger partial charge on any atom is -0.464 e. The smallest absolute Gasteiger partial charge is 0.136 e. The molecular formula is C9H10O. The van der Waals surface area contributed by atoms with Crippen molar-refractivity contribution in [2.24, 2.45) is 0 Å². The molecule has 0 atom stereocenters. The third kappa shape index (κ3) is 1.03. The minimum atomic E-state index is 0.829. The number of hydrogen-bond donors (Lipinski definition) is 0. The molecule has 1 aromatic heterocycles. The number of furan rings is 1. The van der Waals surface area contributed by atoms with Gasteiger partial charge in [0.1, 0.15) is 5.42 Å². The van der Waals surface area contributed by atoms with Crippen molar-refractivity contribution in [1.82, 2.24) is 0 Å². The topological polar surface area (TPSA) is 13.1 Å². The van der Waals surface area contributed by atoms with Crippen molar-refractivity contribution >= 4 is 12.2 Å². The van der Waals surface area contributed by atoms with Crippen molar-refractivity contribution < 1.29 is 4.42 Å². The molecule has 1 heterocycles. The highest BCUT2D eigenvalue weighted by atomic mass is 16.3. The van der Waals surface area contributed by atoms with Gasteiger partial charge in [0, 0.05) is 5.22 Å². The zero-order valence-corrected chi connectivity index (χ0v) is 6.05. The lowest BCUT2D eigenvalue weighted by molar-refractivity contribution is 0.528. The van der Waals surface area contributed by atoms with Crippen molar-refractivity contribution in [3.05, 3.63) is 35.6 Å². The molecule has 0 aromatic carbocycles. The molecule has 0 bridgehead atoms. The third-order valence-electron chi connectivity index (χ3n) is 1.41. The molecule has 0 amide bonds. The van der Waals surface area contributed by atoms with Crippen molar-refractivity contribution in [1.29, 1.82) is 0 Å². The van der Waals surface area contributed by atoms with Gasteiger partial charge >= 0.3 is 0 Å². The van der Waals surface area contributed by atoms with E-state index in [0.717, 1.165) is 16.2 Å². The fourth-order valence-corrected chi connectivity index (χ4v) is 0.774. The number of rotatable bonds is 1. The average molecular weight is 134 g/mol. The number of allylic oxidation sites excluding steroid dienone is 1. The summed E-state index contributed by atoms with van der Waals surface area (Å²) in [6.45, 7) is 9.36. The van der Waals surface area contributed by atoms with E-state index >= 15 is 0 Å². The van der Waals surface area contributed by atoms with E-state index in [0.29, 0.717) is 0 Å². The van der Waals surface area contributed by atoms with Gasteiger partial charge in [0.15, 0.2) is 0 Å². The zero-order valence-electron chi connectivity index (χ0n) is 6.05. The summed E-state index contributed by atoms with van der Waals surface area (Å²) in [7, 11) is 0. The largest absolute Gasteiger partial charge is 0.464 e. The van der Waals surface area contributed by atoms with Crippen LogP contribution in [0.5, 0.6) is 0 Å². The van der Waals surface area contributed by atoms with Crippen LogP contribution in [0, 0.1) is 0 Å². The second-order valence-electron chi connectivity index (χ2n) is 2.16. The van der Waals surface area contributed by atoms with Gasteiger partial charge in [-0.2, -0.15) is 0 Å². The van der Waals surface area contributed by atoms with E-state index in [1.54, 1.807) is 12.3 Å². The summed E-state index contributed by atoms with van der Waals surface area (Å²) in [6.07, 6.45) is 3.39. The molecule has 0 saturated heterocycles. The van der Waals surface area contributed by atoms with Crippen LogP contribution in [0.15, 0.2) is 29.4 Å². The van der Waals surface area contributed by atoms with E-state index in [4.69, 9.17) is 4.42 Å². The summed E-state index contributed by atoms with van der Waals surface area (Å²) in [5, 5.41) is 0.914. The highest BCUT2D eigenvalue weighted by Gasteiger charge is 1.88. The zero-order chi connectivity index (χ0) is 7.56. The molecule has 1 nitrogen and oxygen atoms in total. The van der Waals surface area contributed by atoms with Gasteiger partial charge in [-0.1, -0.05) is 19.2 Å². The van der Waals surface area contributed by atoms with Crippen molar-refractivity contribution in [3.8, 4) is 0 Å². The monoisotopic (exact) mass is 134 g/mol. The van der Waals surface area contributed by atoms with Crippen LogP contribution in [0.25, 0.3) is 12.2 Å². The van der Waals surface area contributed by atoms with Crippen LogP contribution >= 0.6 is 0 Å². The summed E-state index contributed by atoms with van der Waals surface area (Å²) in [4.78, 5) is 0. The van der Waals surface area contributed by atoms with Crippen LogP contribution in [0.4, 0.5) is 0 Å². The SMILES string of the molecule is C=C/C(C)=c1/occc1=C. The van der Waals surface area contributed by atoms with Gasteiger partial charge in [-0.3, -0.25) is 0 Å². The van der Waals surface area contributed by atoms with E-state index in [-0.39, 0.29) is 0 Å². The van der Waals surface area contributed by atoms with E-state index < -0.39 is 0 Å². The lowest BCUT2D eigenvalue weighted by Gasteiger charge is -1.83. The molecule has 1 heteroatoms. The van der Waals surface area contributed by atoms with Crippen LogP contribution in [-0.2, 0) is 0 Å². The second kappa shape index (κ2) is 2.56.